The number of ether oxygens (including phenoxy) is 2. The zero-order chi connectivity index (χ0) is 28.3. The molecule has 3 aromatic carbocycles. The molecule has 0 amide bonds. The molecule has 3 aromatic rings. The molecule has 1 saturated carbocycles. The molecule has 0 heterocycles. The predicted octanol–water partition coefficient (Wildman–Crippen LogP) is 8.55. The lowest BCUT2D eigenvalue weighted by molar-refractivity contribution is -0.140. The fourth-order valence-corrected chi connectivity index (χ4v) is 4.80. The molecule has 0 bridgehead atoms. The second kappa shape index (κ2) is 12.1. The molecule has 0 aromatic heterocycles. The molecule has 1 aliphatic rings. The van der Waals surface area contributed by atoms with Crippen LogP contribution in [0, 0.1) is 47.7 Å². The highest BCUT2D eigenvalue weighted by Crippen LogP contribution is 2.40. The summed E-state index contributed by atoms with van der Waals surface area (Å²) in [6.45, 7) is 3.50. The minimum Gasteiger partial charge on any atom is -0.490 e. The highest BCUT2D eigenvalue weighted by Gasteiger charge is 2.32. The first-order valence-electron chi connectivity index (χ1n) is 12.9. The molecule has 0 aliphatic heterocycles. The molecule has 3 nitrogen and oxygen atoms in total. The maximum absolute atomic E-state index is 15.1. The van der Waals surface area contributed by atoms with Crippen LogP contribution < -0.4 is 9.47 Å². The summed E-state index contributed by atoms with van der Waals surface area (Å²) in [5.41, 5.74) is -0.702. The van der Waals surface area contributed by atoms with E-state index in [1.54, 1.807) is 0 Å². The van der Waals surface area contributed by atoms with Gasteiger partial charge in [-0.1, -0.05) is 31.5 Å². The lowest BCUT2D eigenvalue weighted by Gasteiger charge is -2.28. The molecule has 1 fully saturated rings. The van der Waals surface area contributed by atoms with Gasteiger partial charge in [0.15, 0.2) is 34.8 Å². The monoisotopic (exact) mass is 550 g/mol. The van der Waals surface area contributed by atoms with Crippen molar-refractivity contribution in [3.05, 3.63) is 82.4 Å². The van der Waals surface area contributed by atoms with Crippen molar-refractivity contribution in [3.8, 4) is 22.6 Å². The van der Waals surface area contributed by atoms with Gasteiger partial charge in [-0.05, 0) is 74.3 Å². The molecular weight excluding hydrogens is 522 g/mol. The summed E-state index contributed by atoms with van der Waals surface area (Å²) in [5, 5.41) is 0. The standard InChI is InChI=1S/C30H28F6O3/c1-3-4-15-38-22-14-12-21(27(34)28(22)35)20-11-10-19(25(32)26(20)33)17-6-8-18(9-7-17)30(37)39-23-13-5-16(2)24(31)29(23)36/h5,10-14,17-18H,3-4,6-9,15H2,1-2H3. The summed E-state index contributed by atoms with van der Waals surface area (Å²) < 4.78 is 97.5. The number of carbonyl (C=O) groups excluding carboxylic acids is 1. The van der Waals surface area contributed by atoms with Crippen molar-refractivity contribution in [3.63, 3.8) is 0 Å². The van der Waals surface area contributed by atoms with E-state index in [0.717, 1.165) is 12.5 Å². The van der Waals surface area contributed by atoms with Crippen molar-refractivity contribution < 1.29 is 40.6 Å². The van der Waals surface area contributed by atoms with Crippen LogP contribution in [-0.2, 0) is 4.79 Å². The minimum absolute atomic E-state index is 0.0649. The van der Waals surface area contributed by atoms with Crippen LogP contribution in [0.2, 0.25) is 0 Å². The van der Waals surface area contributed by atoms with Gasteiger partial charge in [-0.2, -0.15) is 8.78 Å². The van der Waals surface area contributed by atoms with E-state index in [2.05, 4.69) is 0 Å². The van der Waals surface area contributed by atoms with Crippen LogP contribution in [0.5, 0.6) is 11.5 Å². The molecule has 0 atom stereocenters. The van der Waals surface area contributed by atoms with Gasteiger partial charge >= 0.3 is 5.97 Å². The number of hydrogen-bond donors (Lipinski definition) is 0. The number of rotatable bonds is 8. The van der Waals surface area contributed by atoms with E-state index in [1.165, 1.54) is 37.3 Å². The second-order valence-electron chi connectivity index (χ2n) is 9.75. The van der Waals surface area contributed by atoms with E-state index in [9.17, 15) is 22.4 Å². The Morgan fingerprint density at radius 3 is 2.00 bits per heavy atom. The van der Waals surface area contributed by atoms with Crippen molar-refractivity contribution in [2.24, 2.45) is 5.92 Å². The van der Waals surface area contributed by atoms with Crippen molar-refractivity contribution in [1.82, 2.24) is 0 Å². The number of esters is 1. The molecule has 0 N–H and O–H groups in total. The largest absolute Gasteiger partial charge is 0.490 e. The molecule has 0 spiro atoms. The normalized spacial score (nSPS) is 17.2. The van der Waals surface area contributed by atoms with Crippen LogP contribution in [0.15, 0.2) is 36.4 Å². The van der Waals surface area contributed by atoms with Crippen LogP contribution in [0.1, 0.15) is 62.5 Å². The van der Waals surface area contributed by atoms with E-state index in [4.69, 9.17) is 9.47 Å². The van der Waals surface area contributed by atoms with E-state index >= 15 is 8.78 Å². The maximum Gasteiger partial charge on any atom is 0.314 e. The Balaban J connectivity index is 1.45. The SMILES string of the molecule is CCCCOc1ccc(-c2ccc(C3CCC(C(=O)Oc4ccc(C)c(F)c4F)CC3)c(F)c2F)c(F)c1F. The van der Waals surface area contributed by atoms with Gasteiger partial charge in [-0.25, -0.2) is 17.6 Å². The molecule has 9 heteroatoms. The predicted molar refractivity (Wildman–Crippen MR) is 134 cm³/mol. The average Bonchev–Trinajstić information content (AvgIpc) is 2.93. The first-order chi connectivity index (χ1) is 18.6. The zero-order valence-corrected chi connectivity index (χ0v) is 21.6. The van der Waals surface area contributed by atoms with Gasteiger partial charge in [0.25, 0.3) is 0 Å². The first kappa shape index (κ1) is 28.5. The molecule has 39 heavy (non-hydrogen) atoms. The molecule has 208 valence electrons. The number of hydrogen-bond acceptors (Lipinski definition) is 3. The number of benzene rings is 3. The summed E-state index contributed by atoms with van der Waals surface area (Å²) in [6.07, 6.45) is 2.61. The van der Waals surface area contributed by atoms with Gasteiger partial charge in [0, 0.05) is 11.1 Å². The molecule has 4 rings (SSSR count). The second-order valence-corrected chi connectivity index (χ2v) is 9.75. The van der Waals surface area contributed by atoms with Crippen molar-refractivity contribution >= 4 is 5.97 Å². The van der Waals surface area contributed by atoms with Crippen molar-refractivity contribution in [2.75, 3.05) is 6.61 Å². The van der Waals surface area contributed by atoms with Gasteiger partial charge in [0.1, 0.15) is 0 Å². The minimum atomic E-state index is -1.33. The quantitative estimate of drug-likeness (QED) is 0.122. The van der Waals surface area contributed by atoms with Gasteiger partial charge in [0.05, 0.1) is 12.5 Å². The van der Waals surface area contributed by atoms with Crippen LogP contribution in [-0.4, -0.2) is 12.6 Å². The lowest BCUT2D eigenvalue weighted by atomic mass is 9.78. The summed E-state index contributed by atoms with van der Waals surface area (Å²) >= 11 is 0. The Labute approximate surface area is 222 Å². The smallest absolute Gasteiger partial charge is 0.314 e. The Morgan fingerprint density at radius 2 is 1.33 bits per heavy atom. The van der Waals surface area contributed by atoms with Crippen LogP contribution >= 0.6 is 0 Å². The third-order valence-electron chi connectivity index (χ3n) is 7.16. The van der Waals surface area contributed by atoms with E-state index in [1.807, 2.05) is 6.92 Å². The van der Waals surface area contributed by atoms with Crippen LogP contribution in [0.3, 0.4) is 0 Å². The first-order valence-corrected chi connectivity index (χ1v) is 12.9. The Morgan fingerprint density at radius 1 is 0.744 bits per heavy atom. The zero-order valence-electron chi connectivity index (χ0n) is 21.6. The van der Waals surface area contributed by atoms with E-state index < -0.39 is 69.6 Å². The van der Waals surface area contributed by atoms with Gasteiger partial charge in [-0.3, -0.25) is 4.79 Å². The average molecular weight is 551 g/mol. The number of unbranched alkanes of at least 4 members (excludes halogenated alkanes) is 1. The maximum atomic E-state index is 15.1. The Hall–Kier alpha value is -3.49. The summed E-state index contributed by atoms with van der Waals surface area (Å²) in [5.74, 6) is -9.99. The highest BCUT2D eigenvalue weighted by molar-refractivity contribution is 5.75. The van der Waals surface area contributed by atoms with Crippen LogP contribution in [0.4, 0.5) is 26.3 Å². The molecule has 0 radical (unpaired) electrons. The number of carbonyl (C=O) groups is 1. The van der Waals surface area contributed by atoms with Gasteiger partial charge < -0.3 is 9.47 Å². The lowest BCUT2D eigenvalue weighted by Crippen LogP contribution is -2.26. The fraction of sp³-hybridized carbons (Fsp3) is 0.367. The van der Waals surface area contributed by atoms with Crippen LogP contribution in [0.25, 0.3) is 11.1 Å². The molecule has 0 unspecified atom stereocenters. The summed E-state index contributed by atoms with van der Waals surface area (Å²) in [4.78, 5) is 12.5. The Kier molecular flexibility index (Phi) is 8.87. The van der Waals surface area contributed by atoms with Crippen molar-refractivity contribution in [1.29, 1.82) is 0 Å². The highest BCUT2D eigenvalue weighted by atomic mass is 19.2. The molecular formula is C30H28F6O3. The topological polar surface area (TPSA) is 35.5 Å². The molecule has 0 saturated heterocycles. The number of halogens is 6. The third kappa shape index (κ3) is 5.92. The fourth-order valence-electron chi connectivity index (χ4n) is 4.80. The van der Waals surface area contributed by atoms with E-state index in [-0.39, 0.29) is 36.3 Å². The summed E-state index contributed by atoms with van der Waals surface area (Å²) in [6, 6.07) is 7.36. The van der Waals surface area contributed by atoms with Gasteiger partial charge in [0.2, 0.25) is 11.6 Å². The third-order valence-corrected chi connectivity index (χ3v) is 7.16. The Bertz CT molecular complexity index is 1370. The van der Waals surface area contributed by atoms with E-state index in [0.29, 0.717) is 19.3 Å². The van der Waals surface area contributed by atoms with Crippen molar-refractivity contribution in [2.45, 2.75) is 58.3 Å². The number of aryl methyl sites for hydroxylation is 1. The molecule has 1 aliphatic carbocycles. The van der Waals surface area contributed by atoms with Gasteiger partial charge in [-0.15, -0.1) is 0 Å². The summed E-state index contributed by atoms with van der Waals surface area (Å²) in [7, 11) is 0.